The van der Waals surface area contributed by atoms with Crippen molar-refractivity contribution >= 4 is 28.8 Å². The van der Waals surface area contributed by atoms with Gasteiger partial charge >= 0.3 is 12.1 Å². The predicted molar refractivity (Wildman–Crippen MR) is 108 cm³/mol. The van der Waals surface area contributed by atoms with E-state index in [0.717, 1.165) is 0 Å². The van der Waals surface area contributed by atoms with Gasteiger partial charge in [-0.25, -0.2) is 4.79 Å². The molecule has 4 rings (SSSR count). The van der Waals surface area contributed by atoms with Crippen LogP contribution in [-0.2, 0) is 10.9 Å². The highest BCUT2D eigenvalue weighted by molar-refractivity contribution is 6.02. The van der Waals surface area contributed by atoms with Gasteiger partial charge in [0.05, 0.1) is 21.0 Å². The monoisotopic (exact) mass is 464 g/mol. The molecule has 2 heterocycles. The van der Waals surface area contributed by atoms with Crippen molar-refractivity contribution in [3.05, 3.63) is 79.5 Å². The Morgan fingerprint density at radius 1 is 0.939 bits per heavy atom. The Bertz CT molecular complexity index is 1150. The predicted octanol–water partition coefficient (Wildman–Crippen LogP) is 3.81. The number of fused-ring (bicyclic) bond motifs is 1. The minimum Gasteiger partial charge on any atom is -0.421 e. The third-order valence-corrected chi connectivity index (χ3v) is 5.34. The number of ether oxygens (including phenoxy) is 1. The van der Waals surface area contributed by atoms with E-state index < -0.39 is 44.6 Å². The maximum Gasteiger partial charge on any atom is 0.416 e. The lowest BCUT2D eigenvalue weighted by atomic mass is 10.1. The van der Waals surface area contributed by atoms with Crippen LogP contribution in [0.25, 0.3) is 5.76 Å². The van der Waals surface area contributed by atoms with Crippen molar-refractivity contribution in [1.29, 1.82) is 0 Å². The summed E-state index contributed by atoms with van der Waals surface area (Å²) in [6, 6.07) is 7.41. The van der Waals surface area contributed by atoms with Gasteiger partial charge in [0.2, 0.25) is 0 Å². The van der Waals surface area contributed by atoms with Crippen LogP contribution in [0.3, 0.4) is 0 Å². The average Bonchev–Trinajstić information content (AvgIpc) is 3.08. The topological polar surface area (TPSA) is 119 Å². The van der Waals surface area contributed by atoms with E-state index in [1.807, 2.05) is 0 Å². The van der Waals surface area contributed by atoms with Crippen LogP contribution in [0.15, 0.2) is 42.6 Å². The highest BCUT2D eigenvalue weighted by Gasteiger charge is 2.39. The van der Waals surface area contributed by atoms with Crippen molar-refractivity contribution in [3.63, 3.8) is 0 Å². The summed E-state index contributed by atoms with van der Waals surface area (Å²) in [5.41, 5.74) is -2.88. The van der Waals surface area contributed by atoms with E-state index in [1.54, 1.807) is 35.4 Å². The molecule has 2 aliphatic rings. The summed E-state index contributed by atoms with van der Waals surface area (Å²) in [6.07, 6.45) is -3.37. The molecule has 1 saturated heterocycles. The number of nitro groups is 2. The first-order chi connectivity index (χ1) is 15.6. The molecule has 33 heavy (non-hydrogen) atoms. The number of alkyl halides is 3. The molecule has 2 aromatic rings. The summed E-state index contributed by atoms with van der Waals surface area (Å²) in [6.45, 7) is 0.593. The van der Waals surface area contributed by atoms with Gasteiger partial charge in [-0.1, -0.05) is 18.2 Å². The third kappa shape index (κ3) is 4.16. The maximum atomic E-state index is 13.1. The zero-order valence-corrected chi connectivity index (χ0v) is 16.7. The van der Waals surface area contributed by atoms with Crippen molar-refractivity contribution in [2.24, 2.45) is 0 Å². The summed E-state index contributed by atoms with van der Waals surface area (Å²) in [4.78, 5) is 35.9. The van der Waals surface area contributed by atoms with Gasteiger partial charge in [-0.3, -0.25) is 20.2 Å². The highest BCUT2D eigenvalue weighted by Crippen LogP contribution is 2.43. The fourth-order valence-corrected chi connectivity index (χ4v) is 3.79. The van der Waals surface area contributed by atoms with E-state index in [9.17, 15) is 38.2 Å². The van der Waals surface area contributed by atoms with Crippen LogP contribution in [0.5, 0.6) is 0 Å². The van der Waals surface area contributed by atoms with E-state index in [2.05, 4.69) is 0 Å². The highest BCUT2D eigenvalue weighted by atomic mass is 19.4. The largest absolute Gasteiger partial charge is 0.421 e. The molecule has 0 aliphatic carbocycles. The fourth-order valence-electron chi connectivity index (χ4n) is 3.79. The number of anilines is 1. The quantitative estimate of drug-likeness (QED) is 0.381. The number of cyclic esters (lactones) is 1. The summed E-state index contributed by atoms with van der Waals surface area (Å²) >= 11 is 0. The van der Waals surface area contributed by atoms with Crippen LogP contribution in [0.4, 0.5) is 30.2 Å². The lowest BCUT2D eigenvalue weighted by Crippen LogP contribution is -2.44. The summed E-state index contributed by atoms with van der Waals surface area (Å²) in [7, 11) is 0. The van der Waals surface area contributed by atoms with E-state index in [1.165, 1.54) is 4.90 Å². The number of nitro benzene ring substituents is 2. The van der Waals surface area contributed by atoms with E-state index in [-0.39, 0.29) is 26.2 Å². The van der Waals surface area contributed by atoms with Crippen LogP contribution in [-0.4, -0.2) is 46.9 Å². The van der Waals surface area contributed by atoms with Crippen molar-refractivity contribution in [3.8, 4) is 0 Å². The minimum absolute atomic E-state index is 0.0619. The lowest BCUT2D eigenvalue weighted by molar-refractivity contribution is -0.393. The second kappa shape index (κ2) is 8.07. The first-order valence-electron chi connectivity index (χ1n) is 9.62. The summed E-state index contributed by atoms with van der Waals surface area (Å²) in [5.74, 6) is -0.165. The van der Waals surface area contributed by atoms with Crippen molar-refractivity contribution in [2.45, 2.75) is 6.18 Å². The van der Waals surface area contributed by atoms with Gasteiger partial charge < -0.3 is 14.5 Å². The molecule has 0 radical (unpaired) electrons. The van der Waals surface area contributed by atoms with Crippen LogP contribution in [0.2, 0.25) is 0 Å². The fraction of sp³-hybridized carbons (Fsp3) is 0.250. The molecule has 0 aromatic heterocycles. The molecule has 0 saturated carbocycles. The molecule has 0 N–H and O–H groups in total. The molecular formula is C20H15F3N4O6. The Kier molecular flexibility index (Phi) is 5.39. The van der Waals surface area contributed by atoms with Crippen LogP contribution in [0.1, 0.15) is 21.5 Å². The average molecular weight is 464 g/mol. The van der Waals surface area contributed by atoms with Crippen LogP contribution in [0, 0.1) is 20.2 Å². The minimum atomic E-state index is -4.98. The number of nitrogens with zero attached hydrogens (tertiary/aromatic N) is 4. The van der Waals surface area contributed by atoms with Gasteiger partial charge in [-0.15, -0.1) is 0 Å². The smallest absolute Gasteiger partial charge is 0.416 e. The van der Waals surface area contributed by atoms with Crippen molar-refractivity contribution in [1.82, 2.24) is 4.90 Å². The normalized spacial score (nSPS) is 17.2. The third-order valence-electron chi connectivity index (χ3n) is 5.34. The number of halogens is 3. The van der Waals surface area contributed by atoms with Crippen LogP contribution >= 0.6 is 0 Å². The number of benzene rings is 2. The van der Waals surface area contributed by atoms with Gasteiger partial charge in [0.1, 0.15) is 0 Å². The molecule has 0 atom stereocenters. The molecule has 1 fully saturated rings. The number of esters is 1. The Labute approximate surface area is 183 Å². The molecule has 2 aromatic carbocycles. The van der Waals surface area contributed by atoms with E-state index in [0.29, 0.717) is 29.0 Å². The Morgan fingerprint density at radius 2 is 1.48 bits per heavy atom. The van der Waals surface area contributed by atoms with Crippen molar-refractivity contribution in [2.75, 3.05) is 31.1 Å². The Balaban J connectivity index is 1.61. The SMILES string of the molecule is O=C1OC(=CN2CCN(c3c([N+](=O)[O-])cc(C(F)(F)F)cc3[N+](=O)[O-])CC2)c2ccccc21. The van der Waals surface area contributed by atoms with Gasteiger partial charge in [-0.2, -0.15) is 13.2 Å². The Hall–Kier alpha value is -4.16. The molecule has 13 heteroatoms. The number of rotatable bonds is 4. The second-order valence-electron chi connectivity index (χ2n) is 7.33. The zero-order valence-electron chi connectivity index (χ0n) is 16.7. The number of hydrogen-bond acceptors (Lipinski definition) is 8. The second-order valence-corrected chi connectivity index (χ2v) is 7.33. The first kappa shape index (κ1) is 22.0. The van der Waals surface area contributed by atoms with Crippen molar-refractivity contribution < 1.29 is 32.5 Å². The molecule has 2 aliphatic heterocycles. The lowest BCUT2D eigenvalue weighted by Gasteiger charge is -2.35. The number of piperazine rings is 1. The molecule has 0 spiro atoms. The van der Waals surface area contributed by atoms with E-state index in [4.69, 9.17) is 4.74 Å². The summed E-state index contributed by atoms with van der Waals surface area (Å²) in [5, 5.41) is 23.0. The Morgan fingerprint density at radius 3 is 2.00 bits per heavy atom. The zero-order chi connectivity index (χ0) is 23.9. The maximum absolute atomic E-state index is 13.1. The molecule has 0 unspecified atom stereocenters. The molecular weight excluding hydrogens is 449 g/mol. The van der Waals surface area contributed by atoms with Crippen LogP contribution < -0.4 is 4.90 Å². The number of carbonyl (C=O) groups excluding carboxylic acids is 1. The molecule has 172 valence electrons. The number of carbonyl (C=O) groups is 1. The van der Waals surface area contributed by atoms with Gasteiger partial charge in [-0.05, 0) is 6.07 Å². The van der Waals surface area contributed by atoms with E-state index >= 15 is 0 Å². The van der Waals surface area contributed by atoms with Gasteiger partial charge in [0.15, 0.2) is 11.4 Å². The summed E-state index contributed by atoms with van der Waals surface area (Å²) < 4.78 is 44.6. The van der Waals surface area contributed by atoms with Gasteiger partial charge in [0.25, 0.3) is 11.4 Å². The molecule has 0 amide bonds. The standard InChI is InChI=1S/C20H15F3N4O6/c21-20(22,23)12-9-15(26(29)30)18(16(10-12)27(31)32)25-7-5-24(6-8-25)11-17-13-3-1-2-4-14(13)19(28)33-17/h1-4,9-11H,5-8H2. The number of hydrogen-bond donors (Lipinski definition) is 0. The van der Waals surface area contributed by atoms with Gasteiger partial charge in [0, 0.05) is 50.1 Å². The first-order valence-corrected chi connectivity index (χ1v) is 9.62. The molecule has 10 nitrogen and oxygen atoms in total. The molecule has 0 bridgehead atoms.